The van der Waals surface area contributed by atoms with Crippen molar-refractivity contribution in [2.45, 2.75) is 19.3 Å². The second-order valence-electron chi connectivity index (χ2n) is 6.59. The van der Waals surface area contributed by atoms with Crippen LogP contribution in [0.4, 0.5) is 13.2 Å². The summed E-state index contributed by atoms with van der Waals surface area (Å²) < 4.78 is 49.3. The minimum atomic E-state index is -2.71. The molecule has 0 N–H and O–H groups in total. The summed E-state index contributed by atoms with van der Waals surface area (Å²) in [5, 5.41) is 11.9. The number of fused-ring (bicyclic) bond motifs is 1. The number of aryl methyl sites for hydroxylation is 2. The van der Waals surface area contributed by atoms with Gasteiger partial charge in [-0.2, -0.15) is 5.10 Å². The Balaban J connectivity index is 1.72. The van der Waals surface area contributed by atoms with Crippen molar-refractivity contribution in [3.63, 3.8) is 0 Å². The molecule has 0 atom stereocenters. The first-order valence-corrected chi connectivity index (χ1v) is 8.94. The summed E-state index contributed by atoms with van der Waals surface area (Å²) in [4.78, 5) is 0. The Morgan fingerprint density at radius 1 is 1.10 bits per heavy atom. The Labute approximate surface area is 164 Å². The van der Waals surface area contributed by atoms with Crippen LogP contribution in [0.2, 0.25) is 0 Å². The van der Waals surface area contributed by atoms with Gasteiger partial charge in [0.15, 0.2) is 5.65 Å². The van der Waals surface area contributed by atoms with E-state index in [1.165, 1.54) is 30.4 Å². The number of alkyl halides is 2. The maximum atomic E-state index is 14.2. The summed E-state index contributed by atoms with van der Waals surface area (Å²) >= 11 is 0. The molecule has 0 amide bonds. The molecule has 0 radical (unpaired) electrons. The molecule has 0 saturated carbocycles. The lowest BCUT2D eigenvalue weighted by atomic mass is 10.0. The Morgan fingerprint density at radius 3 is 2.69 bits per heavy atom. The summed E-state index contributed by atoms with van der Waals surface area (Å²) in [6.07, 6.45) is 1.24. The van der Waals surface area contributed by atoms with Gasteiger partial charge in [0.2, 0.25) is 0 Å². The summed E-state index contributed by atoms with van der Waals surface area (Å²) in [5.41, 5.74) is 2.26. The van der Waals surface area contributed by atoms with E-state index in [9.17, 15) is 13.2 Å². The molecule has 4 rings (SSSR count). The Hall–Kier alpha value is -3.36. The van der Waals surface area contributed by atoms with Crippen molar-refractivity contribution in [1.82, 2.24) is 24.4 Å². The lowest BCUT2D eigenvalue weighted by Crippen LogP contribution is -2.03. The minimum Gasteiger partial charge on any atom is -0.496 e. The summed E-state index contributed by atoms with van der Waals surface area (Å²) in [6.45, 7) is 0. The van der Waals surface area contributed by atoms with Gasteiger partial charge in [-0.15, -0.1) is 10.2 Å². The molecule has 3 heterocycles. The Morgan fingerprint density at radius 2 is 1.93 bits per heavy atom. The van der Waals surface area contributed by atoms with Crippen molar-refractivity contribution in [1.29, 1.82) is 0 Å². The fourth-order valence-electron chi connectivity index (χ4n) is 3.48. The molecule has 6 nitrogen and oxygen atoms in total. The number of ether oxygens (including phenoxy) is 1. The number of pyridine rings is 1. The standard InChI is InChI=1S/C20H18F3N5O/c1-27-10-15(18(26-27)19(22)23)13-8-6-12(28-11-24-25-20(13)28)7-9-14-16(21)4-3-5-17(14)29-2/h3-6,8,10-11,19H,7,9H2,1-2H3. The van der Waals surface area contributed by atoms with E-state index in [1.54, 1.807) is 35.7 Å². The highest BCUT2D eigenvalue weighted by molar-refractivity contribution is 5.78. The number of benzene rings is 1. The summed E-state index contributed by atoms with van der Waals surface area (Å²) in [6, 6.07) is 8.23. The number of halogens is 3. The zero-order valence-electron chi connectivity index (χ0n) is 15.8. The molecule has 0 spiro atoms. The van der Waals surface area contributed by atoms with Gasteiger partial charge < -0.3 is 4.74 Å². The molecule has 150 valence electrons. The van der Waals surface area contributed by atoms with Gasteiger partial charge in [-0.05, 0) is 37.1 Å². The zero-order chi connectivity index (χ0) is 20.5. The molecule has 0 saturated heterocycles. The average Bonchev–Trinajstić information content (AvgIpc) is 3.33. The SMILES string of the molecule is COc1cccc(F)c1CCc1ccc(-c2cn(C)nc2C(F)F)c2nncn12. The van der Waals surface area contributed by atoms with Crippen LogP contribution in [0, 0.1) is 5.82 Å². The van der Waals surface area contributed by atoms with Gasteiger partial charge in [0.25, 0.3) is 6.43 Å². The number of nitrogens with zero attached hydrogens (tertiary/aromatic N) is 5. The highest BCUT2D eigenvalue weighted by Gasteiger charge is 2.22. The Bertz CT molecular complexity index is 1170. The van der Waals surface area contributed by atoms with Crippen molar-refractivity contribution in [2.24, 2.45) is 7.05 Å². The van der Waals surface area contributed by atoms with E-state index in [4.69, 9.17) is 4.74 Å². The van der Waals surface area contributed by atoms with Crippen LogP contribution in [0.1, 0.15) is 23.4 Å². The van der Waals surface area contributed by atoms with E-state index in [0.717, 1.165) is 5.69 Å². The first-order chi connectivity index (χ1) is 14.0. The van der Waals surface area contributed by atoms with Crippen LogP contribution in [0.3, 0.4) is 0 Å². The molecule has 0 aliphatic carbocycles. The molecule has 0 aliphatic heterocycles. The van der Waals surface area contributed by atoms with E-state index in [2.05, 4.69) is 15.3 Å². The minimum absolute atomic E-state index is 0.304. The monoisotopic (exact) mass is 401 g/mol. The smallest absolute Gasteiger partial charge is 0.282 e. The van der Waals surface area contributed by atoms with Gasteiger partial charge in [0, 0.05) is 35.6 Å². The molecule has 29 heavy (non-hydrogen) atoms. The van der Waals surface area contributed by atoms with E-state index < -0.39 is 6.43 Å². The van der Waals surface area contributed by atoms with Crippen LogP contribution in [-0.4, -0.2) is 31.5 Å². The van der Waals surface area contributed by atoms with E-state index in [1.807, 2.05) is 0 Å². The van der Waals surface area contributed by atoms with Crippen LogP contribution >= 0.6 is 0 Å². The molecule has 1 aromatic carbocycles. The number of hydrogen-bond donors (Lipinski definition) is 0. The number of methoxy groups -OCH3 is 1. The number of hydrogen-bond acceptors (Lipinski definition) is 4. The van der Waals surface area contributed by atoms with E-state index in [-0.39, 0.29) is 11.5 Å². The highest BCUT2D eigenvalue weighted by atomic mass is 19.3. The van der Waals surface area contributed by atoms with E-state index in [0.29, 0.717) is 40.9 Å². The molecule has 0 aliphatic rings. The first kappa shape index (κ1) is 19.0. The fourth-order valence-corrected chi connectivity index (χ4v) is 3.48. The first-order valence-electron chi connectivity index (χ1n) is 8.94. The topological polar surface area (TPSA) is 57.2 Å². The lowest BCUT2D eigenvalue weighted by Gasteiger charge is -2.11. The molecule has 0 unspecified atom stereocenters. The van der Waals surface area contributed by atoms with Crippen molar-refractivity contribution in [2.75, 3.05) is 7.11 Å². The summed E-state index contributed by atoms with van der Waals surface area (Å²) in [5.74, 6) is 0.150. The summed E-state index contributed by atoms with van der Waals surface area (Å²) in [7, 11) is 3.09. The van der Waals surface area contributed by atoms with E-state index >= 15 is 0 Å². The van der Waals surface area contributed by atoms with Gasteiger partial charge >= 0.3 is 0 Å². The van der Waals surface area contributed by atoms with Crippen LogP contribution in [0.5, 0.6) is 5.75 Å². The van der Waals surface area contributed by atoms with Gasteiger partial charge in [-0.1, -0.05) is 6.07 Å². The van der Waals surface area contributed by atoms with Crippen LogP contribution < -0.4 is 4.74 Å². The van der Waals surface area contributed by atoms with Gasteiger partial charge in [0.1, 0.15) is 23.6 Å². The lowest BCUT2D eigenvalue weighted by molar-refractivity contribution is 0.146. The average molecular weight is 401 g/mol. The highest BCUT2D eigenvalue weighted by Crippen LogP contribution is 2.32. The predicted molar refractivity (Wildman–Crippen MR) is 101 cm³/mol. The largest absolute Gasteiger partial charge is 0.496 e. The van der Waals surface area contributed by atoms with Crippen LogP contribution in [0.15, 0.2) is 42.9 Å². The fraction of sp³-hybridized carbons (Fsp3) is 0.250. The third kappa shape index (κ3) is 3.43. The zero-order valence-corrected chi connectivity index (χ0v) is 15.8. The van der Waals surface area contributed by atoms with Crippen molar-refractivity contribution < 1.29 is 17.9 Å². The van der Waals surface area contributed by atoms with Crippen molar-refractivity contribution in [3.8, 4) is 16.9 Å². The van der Waals surface area contributed by atoms with Gasteiger partial charge in [-0.25, -0.2) is 13.2 Å². The quantitative estimate of drug-likeness (QED) is 0.490. The van der Waals surface area contributed by atoms with Gasteiger partial charge in [-0.3, -0.25) is 9.08 Å². The van der Waals surface area contributed by atoms with Crippen LogP contribution in [0.25, 0.3) is 16.8 Å². The predicted octanol–water partition coefficient (Wildman–Crippen LogP) is 4.00. The maximum absolute atomic E-state index is 14.2. The van der Waals surface area contributed by atoms with Crippen molar-refractivity contribution in [3.05, 3.63) is 65.6 Å². The third-order valence-electron chi connectivity index (χ3n) is 4.82. The molecular weight excluding hydrogens is 383 g/mol. The number of rotatable bonds is 6. The third-order valence-corrected chi connectivity index (χ3v) is 4.82. The normalized spacial score (nSPS) is 11.5. The molecule has 4 aromatic rings. The molecular formula is C20H18F3N5O. The maximum Gasteiger partial charge on any atom is 0.282 e. The second-order valence-corrected chi connectivity index (χ2v) is 6.59. The molecule has 9 heteroatoms. The Kier molecular flexibility index (Phi) is 4.96. The number of aromatic nitrogens is 5. The van der Waals surface area contributed by atoms with Crippen LogP contribution in [-0.2, 0) is 19.9 Å². The molecule has 3 aromatic heterocycles. The van der Waals surface area contributed by atoms with Gasteiger partial charge in [0.05, 0.1) is 7.11 Å². The second kappa shape index (κ2) is 7.57. The molecule has 0 bridgehead atoms. The molecule has 0 fully saturated rings. The van der Waals surface area contributed by atoms with Crippen molar-refractivity contribution >= 4 is 5.65 Å².